The molecule has 6 fully saturated rings. The first-order chi connectivity index (χ1) is 27.8. The summed E-state index contributed by atoms with van der Waals surface area (Å²) < 4.78 is 78.8. The van der Waals surface area contributed by atoms with Crippen molar-refractivity contribution in [3.05, 3.63) is 38.0 Å². The van der Waals surface area contributed by atoms with Gasteiger partial charge in [-0.2, -0.15) is 0 Å². The number of tetrazole rings is 6. The number of hydrogen-bond donors (Lipinski definition) is 0. The molecule has 1 radical (unpaired) electrons. The van der Waals surface area contributed by atoms with Crippen LogP contribution in [0.5, 0.6) is 0 Å². The molecule has 6 aliphatic carbocycles. The average Bonchev–Trinajstić information content (AvgIpc) is 3.81. The molecule has 6 heterocycles. The Hall–Kier alpha value is -4.80. The third-order valence-electron chi connectivity index (χ3n) is 7.72. The van der Waals surface area contributed by atoms with Gasteiger partial charge in [0.05, 0.1) is 36.3 Å². The average molecular weight is 923 g/mol. The molecule has 0 unspecified atom stereocenters. The van der Waals surface area contributed by atoms with Crippen LogP contribution >= 0.6 is 0 Å². The molecule has 32 nitrogen and oxygen atoms in total. The van der Waals surface area contributed by atoms with Crippen LogP contribution in [0.3, 0.4) is 0 Å². The fraction of sp³-hybridized carbons (Fsp3) is 0.750. The van der Waals surface area contributed by atoms with E-state index < -0.39 is 20.5 Å². The fourth-order valence-electron chi connectivity index (χ4n) is 4.05. The second-order valence-corrected chi connectivity index (χ2v) is 14.4. The molecule has 0 aliphatic heterocycles. The molecule has 325 valence electrons. The molecule has 6 aromatic rings. The molecule has 0 atom stereocenters. The van der Waals surface area contributed by atoms with Gasteiger partial charge in [0.2, 0.25) is 0 Å². The van der Waals surface area contributed by atoms with Gasteiger partial charge in [-0.25, -0.2) is 65.4 Å². The van der Waals surface area contributed by atoms with Gasteiger partial charge in [0.15, 0.2) is 0 Å². The third kappa shape index (κ3) is 22.2. The molecule has 0 aromatic carbocycles. The van der Waals surface area contributed by atoms with Gasteiger partial charge < -0.3 is 0 Å². The molecule has 6 saturated carbocycles. The van der Waals surface area contributed by atoms with Crippen LogP contribution in [0.25, 0.3) is 0 Å². The minimum absolute atomic E-state index is 0. The Morgan fingerprint density at radius 1 is 0.288 bits per heavy atom. The Bertz CT molecular complexity index is 1530. The number of rotatable bonds is 6. The standard InChI is InChI=1S/6C4H6N4.2ClHO4.Cu/c6*1-2-4(1)8-3-5-6-7-8;2*2-1(3,4)5;/h6*3-4H,1-2H2;2*(H,2,3,4,5);/q;;;;;;;;+2/p-2. The van der Waals surface area contributed by atoms with Crippen LogP contribution < -0.4 is 37.3 Å². The minimum Gasteiger partial charge on any atom is -0.229 e. The van der Waals surface area contributed by atoms with E-state index in [9.17, 15) is 0 Å². The van der Waals surface area contributed by atoms with E-state index in [4.69, 9.17) is 37.3 Å². The van der Waals surface area contributed by atoms with E-state index in [2.05, 4.69) is 93.2 Å². The Morgan fingerprint density at radius 3 is 0.475 bits per heavy atom. The van der Waals surface area contributed by atoms with Gasteiger partial charge in [0, 0.05) is 0 Å². The molecular weight excluding hydrogens is 887 g/mol. The van der Waals surface area contributed by atoms with Crippen LogP contribution in [-0.2, 0) is 17.1 Å². The Morgan fingerprint density at radius 2 is 0.407 bits per heavy atom. The summed E-state index contributed by atoms with van der Waals surface area (Å²) in [4.78, 5) is 0. The van der Waals surface area contributed by atoms with Gasteiger partial charge in [-0.3, -0.25) is 0 Å². The van der Waals surface area contributed by atoms with Crippen molar-refractivity contribution >= 4 is 0 Å². The number of nitrogens with zero attached hydrogens (tertiary/aromatic N) is 24. The largest absolute Gasteiger partial charge is 2.00 e. The van der Waals surface area contributed by atoms with E-state index in [-0.39, 0.29) is 17.1 Å². The summed E-state index contributed by atoms with van der Waals surface area (Å²) in [5.74, 6) is 0. The zero-order chi connectivity index (χ0) is 41.4. The maximum atomic E-state index is 8.49. The van der Waals surface area contributed by atoms with Crippen molar-refractivity contribution < 1.29 is 74.8 Å². The van der Waals surface area contributed by atoms with Gasteiger partial charge in [0.25, 0.3) is 0 Å². The smallest absolute Gasteiger partial charge is 0.229 e. The Kier molecular flexibility index (Phi) is 18.4. The van der Waals surface area contributed by atoms with Crippen LogP contribution in [0, 0.1) is 20.5 Å². The first-order valence-corrected chi connectivity index (χ1v) is 19.8. The zero-order valence-corrected chi connectivity index (χ0v) is 32.9. The molecule has 6 aliphatic rings. The summed E-state index contributed by atoms with van der Waals surface area (Å²) in [6.45, 7) is 0. The van der Waals surface area contributed by atoms with Gasteiger partial charge >= 0.3 is 17.1 Å². The van der Waals surface area contributed by atoms with Gasteiger partial charge in [-0.15, -0.1) is 51.1 Å². The molecule has 12 rings (SSSR count). The van der Waals surface area contributed by atoms with Crippen molar-refractivity contribution in [2.24, 2.45) is 0 Å². The Labute approximate surface area is 346 Å². The van der Waals surface area contributed by atoms with E-state index >= 15 is 0 Å². The Balaban J connectivity index is 0.000000150. The predicted octanol–water partition coefficient (Wildman–Crippen LogP) is -9.47. The molecule has 0 amide bonds. The number of halogens is 2. The molecule has 35 heteroatoms. The minimum atomic E-state index is -4.94. The summed E-state index contributed by atoms with van der Waals surface area (Å²) in [6.07, 6.45) is 24.9. The summed E-state index contributed by atoms with van der Waals surface area (Å²) in [5, 5.41) is 64.6. The predicted molar refractivity (Wildman–Crippen MR) is 157 cm³/mol. The third-order valence-corrected chi connectivity index (χ3v) is 7.72. The van der Waals surface area contributed by atoms with E-state index in [1.165, 1.54) is 77.0 Å². The first-order valence-electron chi connectivity index (χ1n) is 17.4. The molecule has 0 saturated heterocycles. The second kappa shape index (κ2) is 23.1. The molecule has 0 N–H and O–H groups in total. The zero-order valence-electron chi connectivity index (χ0n) is 30.5. The SMILES string of the molecule is [Cu+2].[O-][Cl+3]([O-])([O-])[O-].[O-][Cl+3]([O-])([O-])[O-].c1nnnn1C1CC1.c1nnnn1C1CC1.c1nnnn1C1CC1.c1nnnn1C1CC1.c1nnnn1C1CC1.c1nnnn1C1CC1. The topological polar surface area (TPSA) is 446 Å². The van der Waals surface area contributed by atoms with Crippen LogP contribution in [-0.4, -0.2) is 121 Å². The van der Waals surface area contributed by atoms with Crippen LogP contribution in [0.4, 0.5) is 0 Å². The molecule has 59 heavy (non-hydrogen) atoms. The second-order valence-electron chi connectivity index (χ2n) is 12.9. The summed E-state index contributed by atoms with van der Waals surface area (Å²) in [6, 6.07) is 3.69. The number of hydrogen-bond acceptors (Lipinski definition) is 26. The van der Waals surface area contributed by atoms with Crippen molar-refractivity contribution in [1.29, 1.82) is 0 Å². The van der Waals surface area contributed by atoms with E-state index in [1.54, 1.807) is 66.1 Å². The molecule has 0 spiro atoms. The van der Waals surface area contributed by atoms with Crippen LogP contribution in [0.2, 0.25) is 0 Å². The van der Waals surface area contributed by atoms with Crippen molar-refractivity contribution in [3.8, 4) is 0 Å². The molecular formula is C24H36Cl2CuN24O8. The van der Waals surface area contributed by atoms with E-state index in [1.807, 2.05) is 0 Å². The van der Waals surface area contributed by atoms with E-state index in [0.717, 1.165) is 0 Å². The molecule has 0 bridgehead atoms. The van der Waals surface area contributed by atoms with E-state index in [0.29, 0.717) is 36.3 Å². The van der Waals surface area contributed by atoms with Crippen molar-refractivity contribution in [3.63, 3.8) is 0 Å². The van der Waals surface area contributed by atoms with Crippen molar-refractivity contribution in [2.45, 2.75) is 113 Å². The van der Waals surface area contributed by atoms with Crippen molar-refractivity contribution in [2.75, 3.05) is 0 Å². The molecule has 6 aromatic heterocycles. The summed E-state index contributed by atoms with van der Waals surface area (Å²) in [5.41, 5.74) is 0. The summed E-state index contributed by atoms with van der Waals surface area (Å²) >= 11 is 0. The summed E-state index contributed by atoms with van der Waals surface area (Å²) in [7, 11) is -9.89. The van der Waals surface area contributed by atoms with Crippen molar-refractivity contribution in [1.82, 2.24) is 121 Å². The number of aromatic nitrogens is 24. The quantitative estimate of drug-likeness (QED) is 0.140. The maximum absolute atomic E-state index is 8.49. The first kappa shape index (κ1) is 46.9. The van der Waals surface area contributed by atoms with Gasteiger partial charge in [-0.05, 0) is 140 Å². The van der Waals surface area contributed by atoms with Crippen LogP contribution in [0.15, 0.2) is 38.0 Å². The van der Waals surface area contributed by atoms with Crippen LogP contribution in [0.1, 0.15) is 113 Å². The monoisotopic (exact) mass is 921 g/mol. The van der Waals surface area contributed by atoms with Gasteiger partial charge in [-0.1, -0.05) is 0 Å². The van der Waals surface area contributed by atoms with Gasteiger partial charge in [0.1, 0.15) is 38.0 Å². The normalized spacial score (nSPS) is 17.5. The fourth-order valence-corrected chi connectivity index (χ4v) is 4.05. The maximum Gasteiger partial charge on any atom is 2.00 e.